The molecule has 0 aliphatic rings. The molecule has 0 radical (unpaired) electrons. The van der Waals surface area contributed by atoms with E-state index in [-0.39, 0.29) is 42.1 Å². The van der Waals surface area contributed by atoms with Crippen LogP contribution in [0.1, 0.15) is 31.2 Å². The number of halogens is 1. The van der Waals surface area contributed by atoms with Gasteiger partial charge < -0.3 is 20.3 Å². The van der Waals surface area contributed by atoms with Crippen LogP contribution in [0, 0.1) is 0 Å². The van der Waals surface area contributed by atoms with E-state index in [1.54, 1.807) is 16.7 Å². The lowest BCUT2D eigenvalue weighted by atomic mass is 10.0. The van der Waals surface area contributed by atoms with Crippen LogP contribution in [-0.4, -0.2) is 41.9 Å². The summed E-state index contributed by atoms with van der Waals surface area (Å²) in [7, 11) is 0. The molecule has 0 aliphatic heterocycles. The van der Waals surface area contributed by atoms with Gasteiger partial charge in [-0.05, 0) is 31.4 Å². The van der Waals surface area contributed by atoms with Crippen molar-refractivity contribution in [2.75, 3.05) is 26.2 Å². The molecule has 1 aromatic heterocycles. The molecule has 0 amide bonds. The summed E-state index contributed by atoms with van der Waals surface area (Å²) in [4.78, 5) is 16.3. The van der Waals surface area contributed by atoms with E-state index in [9.17, 15) is 9.90 Å². The predicted octanol–water partition coefficient (Wildman–Crippen LogP) is 2.58. The van der Waals surface area contributed by atoms with E-state index in [4.69, 9.17) is 0 Å². The molecule has 6 nitrogen and oxygen atoms in total. The maximum Gasteiger partial charge on any atom is 0.250 e. The fourth-order valence-corrected chi connectivity index (χ4v) is 2.80. The molecule has 0 spiro atoms. The molecule has 1 unspecified atom stereocenters. The average molecular weight is 498 g/mol. The van der Waals surface area contributed by atoms with Gasteiger partial charge in [-0.2, -0.15) is 0 Å². The van der Waals surface area contributed by atoms with E-state index in [0.717, 1.165) is 44.0 Å². The molecular formula is C21H31IN4O2. The molecular weight excluding hydrogens is 467 g/mol. The van der Waals surface area contributed by atoms with Gasteiger partial charge in [0.2, 0.25) is 5.56 Å². The zero-order chi connectivity index (χ0) is 19.3. The number of benzene rings is 1. The van der Waals surface area contributed by atoms with E-state index in [1.807, 2.05) is 49.5 Å². The van der Waals surface area contributed by atoms with Crippen molar-refractivity contribution in [1.29, 1.82) is 0 Å². The van der Waals surface area contributed by atoms with Gasteiger partial charge in [0.25, 0.3) is 0 Å². The summed E-state index contributed by atoms with van der Waals surface area (Å²) in [6, 6.07) is 15.2. The predicted molar refractivity (Wildman–Crippen MR) is 126 cm³/mol. The SMILES string of the molecule is CCNC(=NCC(CO)c1ccccc1)NCCCCn1ccccc1=O.I. The number of nitrogens with one attached hydrogen (secondary N) is 2. The van der Waals surface area contributed by atoms with Gasteiger partial charge in [0.05, 0.1) is 13.2 Å². The fraction of sp³-hybridized carbons (Fsp3) is 0.429. The normalized spacial score (nSPS) is 12.1. The van der Waals surface area contributed by atoms with Crippen LogP contribution in [0.5, 0.6) is 0 Å². The Labute approximate surface area is 184 Å². The molecule has 1 heterocycles. The molecule has 2 aromatic rings. The van der Waals surface area contributed by atoms with E-state index in [2.05, 4.69) is 15.6 Å². The first-order valence-electron chi connectivity index (χ1n) is 9.58. The van der Waals surface area contributed by atoms with Crippen LogP contribution in [0.4, 0.5) is 0 Å². The third-order valence-corrected chi connectivity index (χ3v) is 4.32. The summed E-state index contributed by atoms with van der Waals surface area (Å²) in [5, 5.41) is 16.2. The number of hydrogen-bond donors (Lipinski definition) is 3. The smallest absolute Gasteiger partial charge is 0.250 e. The molecule has 0 saturated carbocycles. The Morgan fingerprint density at radius 3 is 2.54 bits per heavy atom. The van der Waals surface area contributed by atoms with Crippen LogP contribution >= 0.6 is 24.0 Å². The number of pyridine rings is 1. The average Bonchev–Trinajstić information content (AvgIpc) is 2.70. The Kier molecular flexibility index (Phi) is 12.2. The first-order valence-corrected chi connectivity index (χ1v) is 9.58. The molecule has 7 heteroatoms. The molecule has 154 valence electrons. The number of guanidine groups is 1. The highest BCUT2D eigenvalue weighted by atomic mass is 127. The second-order valence-corrected chi connectivity index (χ2v) is 6.38. The number of aromatic nitrogens is 1. The third kappa shape index (κ3) is 8.43. The summed E-state index contributed by atoms with van der Waals surface area (Å²) in [6.45, 7) is 4.90. The molecule has 3 N–H and O–H groups in total. The minimum absolute atomic E-state index is 0. The lowest BCUT2D eigenvalue weighted by Gasteiger charge is -2.15. The standard InChI is InChI=1S/C21H30N4O2.HI/c1-2-22-21(24-16-19(17-26)18-10-4-3-5-11-18)23-13-7-9-15-25-14-8-6-12-20(25)27;/h3-6,8,10-12,14,19,26H,2,7,9,13,15-17H2,1H3,(H2,22,23,24);1H. The van der Waals surface area contributed by atoms with Gasteiger partial charge in [-0.25, -0.2) is 0 Å². The zero-order valence-electron chi connectivity index (χ0n) is 16.4. The summed E-state index contributed by atoms with van der Waals surface area (Å²) in [6.07, 6.45) is 3.67. The molecule has 0 saturated heterocycles. The first kappa shape index (κ1) is 24.2. The number of nitrogens with zero attached hydrogens (tertiary/aromatic N) is 2. The second kappa shape index (κ2) is 14.2. The highest BCUT2D eigenvalue weighted by molar-refractivity contribution is 14.0. The summed E-state index contributed by atoms with van der Waals surface area (Å²) >= 11 is 0. The third-order valence-electron chi connectivity index (χ3n) is 4.32. The number of rotatable bonds is 10. The highest BCUT2D eigenvalue weighted by Crippen LogP contribution is 2.14. The maximum absolute atomic E-state index is 11.7. The number of aliphatic hydroxyl groups excluding tert-OH is 1. The van der Waals surface area contributed by atoms with E-state index < -0.39 is 0 Å². The van der Waals surface area contributed by atoms with Crippen molar-refractivity contribution in [3.05, 3.63) is 70.6 Å². The van der Waals surface area contributed by atoms with Crippen LogP contribution in [-0.2, 0) is 6.54 Å². The molecule has 28 heavy (non-hydrogen) atoms. The van der Waals surface area contributed by atoms with Gasteiger partial charge in [0, 0.05) is 37.8 Å². The quantitative estimate of drug-likeness (QED) is 0.204. The Morgan fingerprint density at radius 2 is 1.86 bits per heavy atom. The van der Waals surface area contributed by atoms with Gasteiger partial charge in [0.15, 0.2) is 5.96 Å². The second-order valence-electron chi connectivity index (χ2n) is 6.38. The maximum atomic E-state index is 11.7. The van der Waals surface area contributed by atoms with Crippen molar-refractivity contribution < 1.29 is 5.11 Å². The van der Waals surface area contributed by atoms with Gasteiger partial charge >= 0.3 is 0 Å². The number of aliphatic hydroxyl groups is 1. The molecule has 1 atom stereocenters. The van der Waals surface area contributed by atoms with Crippen molar-refractivity contribution in [3.8, 4) is 0 Å². The first-order chi connectivity index (χ1) is 13.2. The van der Waals surface area contributed by atoms with Crippen molar-refractivity contribution in [2.24, 2.45) is 4.99 Å². The Balaban J connectivity index is 0.00000392. The number of unbranched alkanes of at least 4 members (excludes halogenated alkanes) is 1. The molecule has 0 fully saturated rings. The van der Waals surface area contributed by atoms with Crippen molar-refractivity contribution in [3.63, 3.8) is 0 Å². The number of aryl methyl sites for hydroxylation is 1. The van der Waals surface area contributed by atoms with Crippen molar-refractivity contribution in [2.45, 2.75) is 32.2 Å². The minimum atomic E-state index is -0.00777. The Bertz CT molecular complexity index is 749. The van der Waals surface area contributed by atoms with Crippen molar-refractivity contribution >= 4 is 29.9 Å². The summed E-state index contributed by atoms with van der Waals surface area (Å²) in [5.41, 5.74) is 1.13. The van der Waals surface area contributed by atoms with Gasteiger partial charge in [0.1, 0.15) is 0 Å². The minimum Gasteiger partial charge on any atom is -0.396 e. The van der Waals surface area contributed by atoms with E-state index >= 15 is 0 Å². The highest BCUT2D eigenvalue weighted by Gasteiger charge is 2.09. The van der Waals surface area contributed by atoms with Crippen LogP contribution in [0.3, 0.4) is 0 Å². The topological polar surface area (TPSA) is 78.7 Å². The van der Waals surface area contributed by atoms with Crippen LogP contribution in [0.2, 0.25) is 0 Å². The lowest BCUT2D eigenvalue weighted by Crippen LogP contribution is -2.38. The molecule has 0 bridgehead atoms. The summed E-state index contributed by atoms with van der Waals surface area (Å²) < 4.78 is 1.73. The largest absolute Gasteiger partial charge is 0.396 e. The summed E-state index contributed by atoms with van der Waals surface area (Å²) in [5.74, 6) is 0.746. The lowest BCUT2D eigenvalue weighted by molar-refractivity contribution is 0.268. The molecule has 0 aliphatic carbocycles. The van der Waals surface area contributed by atoms with Crippen molar-refractivity contribution in [1.82, 2.24) is 15.2 Å². The van der Waals surface area contributed by atoms with E-state index in [0.29, 0.717) is 6.54 Å². The van der Waals surface area contributed by atoms with Crippen LogP contribution in [0.15, 0.2) is 64.5 Å². The Hall–Kier alpha value is -1.87. The fourth-order valence-electron chi connectivity index (χ4n) is 2.80. The molecule has 2 rings (SSSR count). The Morgan fingerprint density at radius 1 is 1.11 bits per heavy atom. The van der Waals surface area contributed by atoms with E-state index in [1.165, 1.54) is 0 Å². The molecule has 1 aromatic carbocycles. The van der Waals surface area contributed by atoms with Crippen LogP contribution < -0.4 is 16.2 Å². The zero-order valence-corrected chi connectivity index (χ0v) is 18.7. The van der Waals surface area contributed by atoms with Crippen LogP contribution in [0.25, 0.3) is 0 Å². The van der Waals surface area contributed by atoms with Gasteiger partial charge in [-0.1, -0.05) is 36.4 Å². The number of aliphatic imine (C=N–C) groups is 1. The monoisotopic (exact) mass is 498 g/mol. The number of hydrogen-bond acceptors (Lipinski definition) is 3. The van der Waals surface area contributed by atoms with Gasteiger partial charge in [-0.15, -0.1) is 24.0 Å². The van der Waals surface area contributed by atoms with Gasteiger partial charge in [-0.3, -0.25) is 9.79 Å².